The van der Waals surface area contributed by atoms with Crippen molar-refractivity contribution in [3.8, 4) is 17.2 Å². The van der Waals surface area contributed by atoms with E-state index in [9.17, 15) is 4.79 Å². The van der Waals surface area contributed by atoms with Crippen LogP contribution in [0.2, 0.25) is 0 Å². The van der Waals surface area contributed by atoms with Crippen LogP contribution < -0.4 is 19.8 Å². The van der Waals surface area contributed by atoms with Gasteiger partial charge < -0.3 is 14.2 Å². The molecular weight excluding hydrogens is 380 g/mol. The van der Waals surface area contributed by atoms with Crippen LogP contribution in [0.4, 0.5) is 0 Å². The first-order valence-electron chi connectivity index (χ1n) is 9.55. The van der Waals surface area contributed by atoms with E-state index >= 15 is 0 Å². The molecule has 0 spiro atoms. The van der Waals surface area contributed by atoms with Gasteiger partial charge in [-0.3, -0.25) is 14.2 Å². The number of hydrogen-bond donors (Lipinski definition) is 0. The second-order valence-corrected chi connectivity index (χ2v) is 7.34. The Morgan fingerprint density at radius 3 is 2.63 bits per heavy atom. The van der Waals surface area contributed by atoms with Crippen LogP contribution in [0.1, 0.15) is 6.92 Å². The summed E-state index contributed by atoms with van der Waals surface area (Å²) in [5, 5.41) is 3.06. The SMILES string of the molecule is C=C(C)COc1ccc2c(c1)c1ccnc3c4ccc(OC)c(OC)c4c(=O)n2c13. The number of nitrogens with zero attached hydrogens (tertiary/aromatic N) is 2. The van der Waals surface area contributed by atoms with E-state index in [0.29, 0.717) is 23.5 Å². The smallest absolute Gasteiger partial charge is 0.267 e. The van der Waals surface area contributed by atoms with Crippen molar-refractivity contribution in [2.45, 2.75) is 6.92 Å². The lowest BCUT2D eigenvalue weighted by atomic mass is 10.1. The van der Waals surface area contributed by atoms with Crippen molar-refractivity contribution < 1.29 is 14.2 Å². The summed E-state index contributed by atoms with van der Waals surface area (Å²) in [6.45, 7) is 6.24. The van der Waals surface area contributed by atoms with Crippen LogP contribution >= 0.6 is 0 Å². The van der Waals surface area contributed by atoms with Gasteiger partial charge in [-0.2, -0.15) is 0 Å². The van der Waals surface area contributed by atoms with E-state index in [1.807, 2.05) is 37.3 Å². The summed E-state index contributed by atoms with van der Waals surface area (Å²) < 4.78 is 18.5. The van der Waals surface area contributed by atoms with Crippen molar-refractivity contribution >= 4 is 38.1 Å². The molecule has 30 heavy (non-hydrogen) atoms. The van der Waals surface area contributed by atoms with Crippen LogP contribution in [-0.4, -0.2) is 30.2 Å². The molecule has 0 atom stereocenters. The molecule has 150 valence electrons. The normalized spacial score (nSPS) is 11.6. The third-order valence-electron chi connectivity index (χ3n) is 5.35. The van der Waals surface area contributed by atoms with Crippen molar-refractivity contribution in [2.75, 3.05) is 20.8 Å². The van der Waals surface area contributed by atoms with Crippen molar-refractivity contribution in [2.24, 2.45) is 0 Å². The zero-order chi connectivity index (χ0) is 21.0. The van der Waals surface area contributed by atoms with Crippen LogP contribution in [0.15, 0.2) is 59.5 Å². The minimum absolute atomic E-state index is 0.170. The van der Waals surface area contributed by atoms with Crippen molar-refractivity contribution in [3.05, 3.63) is 65.1 Å². The monoisotopic (exact) mass is 400 g/mol. The van der Waals surface area contributed by atoms with Crippen LogP contribution in [0.5, 0.6) is 17.2 Å². The molecule has 0 aliphatic heterocycles. The number of aromatic nitrogens is 2. The zero-order valence-electron chi connectivity index (χ0n) is 17.0. The Hall–Kier alpha value is -3.80. The molecule has 0 radical (unpaired) electrons. The molecule has 2 aromatic carbocycles. The molecule has 0 fully saturated rings. The van der Waals surface area contributed by atoms with Gasteiger partial charge in [0.25, 0.3) is 5.56 Å². The lowest BCUT2D eigenvalue weighted by molar-refractivity contribution is 0.353. The summed E-state index contributed by atoms with van der Waals surface area (Å²) in [6, 6.07) is 11.3. The van der Waals surface area contributed by atoms with Gasteiger partial charge in [0.15, 0.2) is 11.5 Å². The van der Waals surface area contributed by atoms with Crippen LogP contribution in [-0.2, 0) is 0 Å². The van der Waals surface area contributed by atoms with E-state index in [1.54, 1.807) is 23.8 Å². The molecule has 6 nitrogen and oxygen atoms in total. The average Bonchev–Trinajstić information content (AvgIpc) is 3.09. The van der Waals surface area contributed by atoms with E-state index in [2.05, 4.69) is 11.6 Å². The van der Waals surface area contributed by atoms with Gasteiger partial charge in [-0.25, -0.2) is 0 Å². The fourth-order valence-electron chi connectivity index (χ4n) is 4.10. The Labute approximate surface area is 172 Å². The van der Waals surface area contributed by atoms with E-state index in [4.69, 9.17) is 14.2 Å². The summed E-state index contributed by atoms with van der Waals surface area (Å²) >= 11 is 0. The number of fused-ring (bicyclic) bond motifs is 5. The first-order chi connectivity index (χ1) is 14.5. The molecule has 5 rings (SSSR count). The van der Waals surface area contributed by atoms with Crippen molar-refractivity contribution in [1.82, 2.24) is 9.38 Å². The molecule has 0 bridgehead atoms. The lowest BCUT2D eigenvalue weighted by Crippen LogP contribution is -2.14. The summed E-state index contributed by atoms with van der Waals surface area (Å²) in [5.74, 6) is 1.64. The number of methoxy groups -OCH3 is 2. The maximum atomic E-state index is 13.7. The number of hydrogen-bond acceptors (Lipinski definition) is 5. The average molecular weight is 400 g/mol. The third kappa shape index (κ3) is 2.43. The van der Waals surface area contributed by atoms with Gasteiger partial charge in [-0.15, -0.1) is 0 Å². The van der Waals surface area contributed by atoms with Crippen molar-refractivity contribution in [1.29, 1.82) is 0 Å². The zero-order valence-corrected chi connectivity index (χ0v) is 17.0. The van der Waals surface area contributed by atoms with Crippen LogP contribution in [0, 0.1) is 0 Å². The highest BCUT2D eigenvalue weighted by Gasteiger charge is 2.22. The Morgan fingerprint density at radius 1 is 1.07 bits per heavy atom. The molecule has 0 unspecified atom stereocenters. The van der Waals surface area contributed by atoms with Gasteiger partial charge in [0.1, 0.15) is 12.4 Å². The second kappa shape index (κ2) is 6.62. The molecule has 3 aromatic heterocycles. The highest BCUT2D eigenvalue weighted by molar-refractivity contribution is 6.19. The fraction of sp³-hybridized carbons (Fsp3) is 0.167. The second-order valence-electron chi connectivity index (χ2n) is 7.34. The van der Waals surface area contributed by atoms with Gasteiger partial charge in [0.05, 0.1) is 36.2 Å². The predicted molar refractivity (Wildman–Crippen MR) is 119 cm³/mol. The lowest BCUT2D eigenvalue weighted by Gasteiger charge is -2.12. The minimum atomic E-state index is -0.170. The minimum Gasteiger partial charge on any atom is -0.493 e. The standard InChI is InChI=1S/C24H20N2O4/c1-13(2)12-30-14-5-7-18-17(11-14)15-9-10-25-21-16-6-8-19(28-3)23(29-4)20(16)24(27)26(18)22(15)21/h5-11H,1,12H2,2-4H3. The van der Waals surface area contributed by atoms with E-state index in [0.717, 1.165) is 44.0 Å². The molecule has 5 aromatic rings. The third-order valence-corrected chi connectivity index (χ3v) is 5.35. The molecule has 0 N–H and O–H groups in total. The molecule has 0 amide bonds. The van der Waals surface area contributed by atoms with E-state index < -0.39 is 0 Å². The molecule has 3 heterocycles. The summed E-state index contributed by atoms with van der Waals surface area (Å²) in [4.78, 5) is 18.3. The first kappa shape index (κ1) is 18.2. The van der Waals surface area contributed by atoms with Gasteiger partial charge in [0.2, 0.25) is 0 Å². The predicted octanol–water partition coefficient (Wildman–Crippen LogP) is 4.56. The Morgan fingerprint density at radius 2 is 1.90 bits per heavy atom. The van der Waals surface area contributed by atoms with Crippen LogP contribution in [0.25, 0.3) is 38.1 Å². The summed E-state index contributed by atoms with van der Waals surface area (Å²) in [6.07, 6.45) is 1.76. The van der Waals surface area contributed by atoms with E-state index in [-0.39, 0.29) is 5.56 Å². The quantitative estimate of drug-likeness (QED) is 0.320. The Bertz CT molecular complexity index is 1520. The summed E-state index contributed by atoms with van der Waals surface area (Å²) in [5.41, 5.74) is 3.09. The highest BCUT2D eigenvalue weighted by Crippen LogP contribution is 2.39. The van der Waals surface area contributed by atoms with Crippen LogP contribution in [0.3, 0.4) is 0 Å². The largest absolute Gasteiger partial charge is 0.493 e. The number of pyridine rings is 2. The van der Waals surface area contributed by atoms with Gasteiger partial charge >= 0.3 is 0 Å². The number of rotatable bonds is 5. The summed E-state index contributed by atoms with van der Waals surface area (Å²) in [7, 11) is 3.09. The molecular formula is C24H20N2O4. The number of ether oxygens (including phenoxy) is 3. The number of benzene rings is 2. The first-order valence-corrected chi connectivity index (χ1v) is 9.55. The topological polar surface area (TPSA) is 62.1 Å². The van der Waals surface area contributed by atoms with Gasteiger partial charge in [0, 0.05) is 22.4 Å². The Kier molecular flexibility index (Phi) is 4.03. The van der Waals surface area contributed by atoms with Gasteiger partial charge in [-0.05, 0) is 48.9 Å². The molecule has 6 heteroatoms. The fourth-order valence-corrected chi connectivity index (χ4v) is 4.10. The maximum absolute atomic E-state index is 13.7. The Balaban J connectivity index is 1.95. The molecule has 0 aliphatic carbocycles. The molecule has 0 aliphatic rings. The molecule has 0 saturated heterocycles. The highest BCUT2D eigenvalue weighted by atomic mass is 16.5. The van der Waals surface area contributed by atoms with Crippen molar-refractivity contribution in [3.63, 3.8) is 0 Å². The van der Waals surface area contributed by atoms with Gasteiger partial charge in [-0.1, -0.05) is 6.58 Å². The molecule has 0 saturated carbocycles. The van der Waals surface area contributed by atoms with E-state index in [1.165, 1.54) is 7.11 Å². The maximum Gasteiger partial charge on any atom is 0.267 e.